The smallest absolute Gasteiger partial charge is 0.0285 e. The van der Waals surface area contributed by atoms with Crippen molar-refractivity contribution in [2.75, 3.05) is 13.1 Å². The molecule has 1 aliphatic rings. The summed E-state index contributed by atoms with van der Waals surface area (Å²) in [7, 11) is 0. The molecule has 1 fully saturated rings. The van der Waals surface area contributed by atoms with Gasteiger partial charge in [0.1, 0.15) is 0 Å². The summed E-state index contributed by atoms with van der Waals surface area (Å²) >= 11 is 0. The number of piperazine rings is 1. The SMILES string of the molecule is C[C@@H]1C[N]C[C@H](C)N1. The van der Waals surface area contributed by atoms with Gasteiger partial charge < -0.3 is 5.32 Å². The van der Waals surface area contributed by atoms with Crippen molar-refractivity contribution in [2.24, 2.45) is 0 Å². The molecule has 0 spiro atoms. The first-order chi connectivity index (χ1) is 3.79. The maximum atomic E-state index is 4.28. The monoisotopic (exact) mass is 113 g/mol. The maximum Gasteiger partial charge on any atom is 0.0285 e. The molecule has 1 saturated heterocycles. The van der Waals surface area contributed by atoms with E-state index in [1.165, 1.54) is 0 Å². The Balaban J connectivity index is 2.23. The fourth-order valence-electron chi connectivity index (χ4n) is 1.05. The van der Waals surface area contributed by atoms with Crippen LogP contribution in [0.25, 0.3) is 0 Å². The highest BCUT2D eigenvalue weighted by atomic mass is 15.1. The van der Waals surface area contributed by atoms with Gasteiger partial charge in [-0.3, -0.25) is 0 Å². The molecule has 1 aliphatic heterocycles. The maximum absolute atomic E-state index is 4.28. The topological polar surface area (TPSA) is 26.1 Å². The van der Waals surface area contributed by atoms with Crippen LogP contribution in [0, 0.1) is 0 Å². The Morgan fingerprint density at radius 2 is 1.75 bits per heavy atom. The van der Waals surface area contributed by atoms with Crippen LogP contribution in [-0.4, -0.2) is 25.2 Å². The second-order valence-electron chi connectivity index (χ2n) is 2.56. The van der Waals surface area contributed by atoms with E-state index in [-0.39, 0.29) is 0 Å². The van der Waals surface area contributed by atoms with E-state index in [2.05, 4.69) is 24.5 Å². The number of rotatable bonds is 0. The largest absolute Gasteiger partial charge is 0.309 e. The van der Waals surface area contributed by atoms with Crippen molar-refractivity contribution in [1.82, 2.24) is 10.6 Å². The van der Waals surface area contributed by atoms with Crippen molar-refractivity contribution < 1.29 is 0 Å². The van der Waals surface area contributed by atoms with Crippen LogP contribution in [-0.2, 0) is 0 Å². The lowest BCUT2D eigenvalue weighted by Crippen LogP contribution is -2.49. The molecule has 0 unspecified atom stereocenters. The molecule has 1 N–H and O–H groups in total. The Morgan fingerprint density at radius 3 is 2.00 bits per heavy atom. The van der Waals surface area contributed by atoms with Gasteiger partial charge in [-0.05, 0) is 13.8 Å². The molecule has 47 valence electrons. The summed E-state index contributed by atoms with van der Waals surface area (Å²) in [5, 5.41) is 7.66. The van der Waals surface area contributed by atoms with E-state index in [1.54, 1.807) is 0 Å². The second-order valence-corrected chi connectivity index (χ2v) is 2.56. The molecule has 0 amide bonds. The predicted molar refractivity (Wildman–Crippen MR) is 33.9 cm³/mol. The van der Waals surface area contributed by atoms with Gasteiger partial charge in [-0.15, -0.1) is 0 Å². The summed E-state index contributed by atoms with van der Waals surface area (Å²) in [6.45, 7) is 6.31. The number of nitrogens with zero attached hydrogens (tertiary/aromatic N) is 1. The van der Waals surface area contributed by atoms with E-state index in [0.29, 0.717) is 12.1 Å². The van der Waals surface area contributed by atoms with Gasteiger partial charge in [0.15, 0.2) is 0 Å². The van der Waals surface area contributed by atoms with Crippen molar-refractivity contribution in [3.63, 3.8) is 0 Å². The summed E-state index contributed by atoms with van der Waals surface area (Å²) < 4.78 is 0. The molecular formula is C6H13N2. The molecule has 0 aromatic heterocycles. The summed E-state index contributed by atoms with van der Waals surface area (Å²) in [6, 6.07) is 1.19. The van der Waals surface area contributed by atoms with E-state index >= 15 is 0 Å². The third kappa shape index (κ3) is 1.46. The van der Waals surface area contributed by atoms with Crippen LogP contribution in [0.4, 0.5) is 0 Å². The molecule has 8 heavy (non-hydrogen) atoms. The van der Waals surface area contributed by atoms with Crippen LogP contribution in [0.5, 0.6) is 0 Å². The van der Waals surface area contributed by atoms with Crippen LogP contribution in [0.2, 0.25) is 0 Å². The number of hydrogen-bond acceptors (Lipinski definition) is 1. The van der Waals surface area contributed by atoms with E-state index in [0.717, 1.165) is 13.1 Å². The molecule has 0 aromatic carbocycles. The summed E-state index contributed by atoms with van der Waals surface area (Å²) in [6.07, 6.45) is 0. The van der Waals surface area contributed by atoms with Crippen LogP contribution in [0.3, 0.4) is 0 Å². The van der Waals surface area contributed by atoms with E-state index in [4.69, 9.17) is 0 Å². The van der Waals surface area contributed by atoms with Gasteiger partial charge in [0.2, 0.25) is 0 Å². The third-order valence-corrected chi connectivity index (χ3v) is 1.37. The van der Waals surface area contributed by atoms with Crippen LogP contribution < -0.4 is 10.6 Å². The molecule has 2 atom stereocenters. The molecule has 2 nitrogen and oxygen atoms in total. The fourth-order valence-corrected chi connectivity index (χ4v) is 1.05. The zero-order valence-corrected chi connectivity index (χ0v) is 5.52. The highest BCUT2D eigenvalue weighted by Crippen LogP contribution is 1.91. The fraction of sp³-hybridized carbons (Fsp3) is 1.00. The first-order valence-corrected chi connectivity index (χ1v) is 3.18. The molecule has 2 heteroatoms. The minimum atomic E-state index is 0.596. The predicted octanol–water partition coefficient (Wildman–Crippen LogP) is -0.0290. The molecule has 0 aliphatic carbocycles. The van der Waals surface area contributed by atoms with E-state index in [9.17, 15) is 0 Å². The van der Waals surface area contributed by atoms with Gasteiger partial charge in [0.25, 0.3) is 0 Å². The summed E-state index contributed by atoms with van der Waals surface area (Å²) in [4.78, 5) is 0. The molecule has 1 heterocycles. The summed E-state index contributed by atoms with van der Waals surface area (Å²) in [5.74, 6) is 0. The molecule has 0 saturated carbocycles. The Labute approximate surface area is 50.7 Å². The van der Waals surface area contributed by atoms with Crippen molar-refractivity contribution >= 4 is 0 Å². The van der Waals surface area contributed by atoms with Crippen LogP contribution in [0.15, 0.2) is 0 Å². The zero-order valence-electron chi connectivity index (χ0n) is 5.52. The van der Waals surface area contributed by atoms with E-state index in [1.807, 2.05) is 0 Å². The van der Waals surface area contributed by atoms with Gasteiger partial charge in [-0.1, -0.05) is 0 Å². The number of hydrogen-bond donors (Lipinski definition) is 1. The molecule has 1 rings (SSSR count). The standard InChI is InChI=1S/C6H13N2/c1-5-3-7-4-6(2)8-5/h5-6,8H,3-4H2,1-2H3/t5-,6+. The van der Waals surface area contributed by atoms with Gasteiger partial charge in [-0.25, -0.2) is 5.32 Å². The third-order valence-electron chi connectivity index (χ3n) is 1.37. The quantitative estimate of drug-likeness (QED) is 0.469. The van der Waals surface area contributed by atoms with Crippen LogP contribution >= 0.6 is 0 Å². The normalized spacial score (nSPS) is 39.8. The van der Waals surface area contributed by atoms with Gasteiger partial charge >= 0.3 is 0 Å². The zero-order chi connectivity index (χ0) is 5.98. The molecule has 1 radical (unpaired) electrons. The van der Waals surface area contributed by atoms with E-state index < -0.39 is 0 Å². The van der Waals surface area contributed by atoms with Gasteiger partial charge in [0, 0.05) is 25.2 Å². The average molecular weight is 113 g/mol. The van der Waals surface area contributed by atoms with Crippen molar-refractivity contribution in [2.45, 2.75) is 25.9 Å². The highest BCUT2D eigenvalue weighted by Gasteiger charge is 2.12. The van der Waals surface area contributed by atoms with Gasteiger partial charge in [0.05, 0.1) is 0 Å². The number of nitrogens with one attached hydrogen (secondary N) is 1. The lowest BCUT2D eigenvalue weighted by Gasteiger charge is -2.25. The highest BCUT2D eigenvalue weighted by molar-refractivity contribution is 4.76. The molecule has 0 aromatic rings. The van der Waals surface area contributed by atoms with Crippen molar-refractivity contribution in [3.8, 4) is 0 Å². The second kappa shape index (κ2) is 2.46. The minimum absolute atomic E-state index is 0.596. The first-order valence-electron chi connectivity index (χ1n) is 3.18. The van der Waals surface area contributed by atoms with Crippen molar-refractivity contribution in [3.05, 3.63) is 0 Å². The Bertz CT molecular complexity index is 64.9. The lowest BCUT2D eigenvalue weighted by molar-refractivity contribution is 0.365. The van der Waals surface area contributed by atoms with Crippen LogP contribution in [0.1, 0.15) is 13.8 Å². The lowest BCUT2D eigenvalue weighted by atomic mass is 10.2. The molecule has 0 bridgehead atoms. The summed E-state index contributed by atoms with van der Waals surface area (Å²) in [5.41, 5.74) is 0. The van der Waals surface area contributed by atoms with Gasteiger partial charge in [-0.2, -0.15) is 0 Å². The Kier molecular flexibility index (Phi) is 1.86. The Hall–Kier alpha value is -0.0800. The minimum Gasteiger partial charge on any atom is -0.309 e. The van der Waals surface area contributed by atoms with Crippen molar-refractivity contribution in [1.29, 1.82) is 0 Å². The Morgan fingerprint density at radius 1 is 1.25 bits per heavy atom. The molecular weight excluding hydrogens is 100 g/mol. The first kappa shape index (κ1) is 6.05. The average Bonchev–Trinajstić information content (AvgIpc) is 1.64.